The van der Waals surface area contributed by atoms with Gasteiger partial charge in [0, 0.05) is 76.3 Å². The lowest BCUT2D eigenvalue weighted by molar-refractivity contribution is -0.128. The van der Waals surface area contributed by atoms with Crippen molar-refractivity contribution in [3.63, 3.8) is 0 Å². The molecule has 650 valence electrons. The number of likely N-dealkylation sites (tertiary alicyclic amines) is 1. The highest BCUT2D eigenvalue weighted by Gasteiger charge is 2.24. The molecule has 1 atom stereocenters. The van der Waals surface area contributed by atoms with Crippen LogP contribution in [0.25, 0.3) is 60.8 Å². The van der Waals surface area contributed by atoms with Gasteiger partial charge in [-0.05, 0) is 155 Å². The summed E-state index contributed by atoms with van der Waals surface area (Å²) in [5.41, 5.74) is 10.6. The Hall–Kier alpha value is -15.1. The van der Waals surface area contributed by atoms with Gasteiger partial charge in [0.2, 0.25) is 29.5 Å². The van der Waals surface area contributed by atoms with Crippen LogP contribution in [0.3, 0.4) is 0 Å². The normalized spacial score (nSPS) is 12.4. The van der Waals surface area contributed by atoms with E-state index in [0.717, 1.165) is 114 Å². The molecule has 1 unspecified atom stereocenters. The van der Waals surface area contributed by atoms with E-state index in [1.807, 2.05) is 324 Å². The van der Waals surface area contributed by atoms with E-state index in [0.29, 0.717) is 48.6 Å². The summed E-state index contributed by atoms with van der Waals surface area (Å²) < 4.78 is 0. The van der Waals surface area contributed by atoms with E-state index in [2.05, 4.69) is 40.4 Å². The topological polar surface area (TPSA) is 237 Å². The maximum Gasteiger partial charge on any atom is 0.270 e. The van der Waals surface area contributed by atoms with Gasteiger partial charge in [-0.25, -0.2) is 0 Å². The van der Waals surface area contributed by atoms with Crippen molar-refractivity contribution in [2.75, 3.05) is 26.7 Å². The van der Waals surface area contributed by atoms with Gasteiger partial charge < -0.3 is 36.4 Å². The Morgan fingerprint density at radius 1 is 0.307 bits per heavy atom. The Morgan fingerprint density at radius 3 is 0.819 bits per heavy atom. The third-order valence-corrected chi connectivity index (χ3v) is 19.3. The zero-order chi connectivity index (χ0) is 90.9. The third-order valence-electron chi connectivity index (χ3n) is 19.3. The first-order valence-corrected chi connectivity index (χ1v) is 43.0. The van der Waals surface area contributed by atoms with E-state index in [1.165, 1.54) is 30.4 Å². The number of allylic oxidation sites excluding steroid dienone is 3. The van der Waals surface area contributed by atoms with Gasteiger partial charge in [-0.15, -0.1) is 0 Å². The van der Waals surface area contributed by atoms with Crippen molar-refractivity contribution < 1.29 is 47.9 Å². The Bertz CT molecular complexity index is 5420. The minimum atomic E-state index is -0.344. The molecule has 1 aliphatic heterocycles. The number of nitrogens with zero attached hydrogens (tertiary/aromatic N) is 2. The van der Waals surface area contributed by atoms with Gasteiger partial charge >= 0.3 is 0 Å². The lowest BCUT2D eigenvalue weighted by Gasteiger charge is -2.17. The van der Waals surface area contributed by atoms with Gasteiger partial charge in [-0.1, -0.05) is 350 Å². The second-order valence-electron chi connectivity index (χ2n) is 29.5. The first kappa shape index (κ1) is 99.0. The summed E-state index contributed by atoms with van der Waals surface area (Å²) in [5, 5.41) is 13.7. The molecule has 5 N–H and O–H groups in total. The number of likely N-dealkylation sites (N-methyl/N-ethyl adjacent to an activating group) is 1. The molecule has 7 amide bonds. The van der Waals surface area contributed by atoms with Gasteiger partial charge in [-0.3, -0.25) is 47.9 Å². The number of nitrogens with one attached hydrogen (secondary N) is 5. The minimum Gasteiger partial charge on any atom is -0.341 e. The monoisotopic (exact) mass is 1690 g/mol. The predicted molar refractivity (Wildman–Crippen MR) is 517 cm³/mol. The van der Waals surface area contributed by atoms with Gasteiger partial charge in [0.15, 0.2) is 17.3 Å². The quantitative estimate of drug-likeness (QED) is 0.0186. The van der Waals surface area contributed by atoms with Crippen LogP contribution in [-0.4, -0.2) is 95.2 Å². The molecular formula is C110H115N7O10. The highest BCUT2D eigenvalue weighted by molar-refractivity contribution is 6.09. The fourth-order valence-corrected chi connectivity index (χ4v) is 12.0. The maximum absolute atomic E-state index is 12.8. The molecule has 11 rings (SSSR count). The average molecular weight is 1700 g/mol. The summed E-state index contributed by atoms with van der Waals surface area (Å²) >= 11 is 0. The number of carbonyl (C=O) groups excluding carboxylic acids is 10. The molecule has 0 aromatic heterocycles. The molecular weight excluding hydrogens is 1580 g/mol. The molecule has 0 radical (unpaired) electrons. The van der Waals surface area contributed by atoms with Gasteiger partial charge in [-0.2, -0.15) is 0 Å². The second kappa shape index (κ2) is 58.1. The van der Waals surface area contributed by atoms with Crippen molar-refractivity contribution in [2.24, 2.45) is 5.92 Å². The highest BCUT2D eigenvalue weighted by Crippen LogP contribution is 2.19. The van der Waals surface area contributed by atoms with Crippen LogP contribution in [0.5, 0.6) is 0 Å². The van der Waals surface area contributed by atoms with Crippen molar-refractivity contribution in [1.29, 1.82) is 0 Å². The number of hydrogen-bond donors (Lipinski definition) is 5. The van der Waals surface area contributed by atoms with Crippen LogP contribution < -0.4 is 26.6 Å². The molecule has 127 heavy (non-hydrogen) atoms. The van der Waals surface area contributed by atoms with Crippen LogP contribution in [0.1, 0.15) is 154 Å². The van der Waals surface area contributed by atoms with Crippen molar-refractivity contribution in [3.05, 3.63) is 418 Å². The van der Waals surface area contributed by atoms with Crippen molar-refractivity contribution >= 4 is 119 Å². The molecule has 17 nitrogen and oxygen atoms in total. The number of benzene rings is 10. The Balaban J connectivity index is 0.000000218. The van der Waals surface area contributed by atoms with Crippen LogP contribution >= 0.6 is 0 Å². The Kier molecular flexibility index (Phi) is 45.3. The number of Topliss-reactive ketones (excluding diaryl/α,β-unsaturated/α-hetero) is 3. The average Bonchev–Trinajstić information content (AvgIpc) is 1.81. The summed E-state index contributed by atoms with van der Waals surface area (Å²) in [6.45, 7) is 12.0. The minimum absolute atomic E-state index is 0.0382. The number of carbonyl (C=O) groups is 10. The summed E-state index contributed by atoms with van der Waals surface area (Å²) in [6.07, 6.45) is 32.3. The largest absolute Gasteiger partial charge is 0.341 e. The highest BCUT2D eigenvalue weighted by atomic mass is 16.2. The first-order valence-electron chi connectivity index (χ1n) is 43.0. The van der Waals surface area contributed by atoms with E-state index >= 15 is 0 Å². The van der Waals surface area contributed by atoms with Crippen LogP contribution in [0.2, 0.25) is 0 Å². The predicted octanol–water partition coefficient (Wildman–Crippen LogP) is 20.9. The van der Waals surface area contributed by atoms with Crippen LogP contribution in [0, 0.1) is 5.92 Å². The van der Waals surface area contributed by atoms with Gasteiger partial charge in [0.1, 0.15) is 11.4 Å². The molecule has 1 fully saturated rings. The second-order valence-corrected chi connectivity index (χ2v) is 29.5. The van der Waals surface area contributed by atoms with Crippen LogP contribution in [0.4, 0.5) is 0 Å². The number of ketones is 3. The van der Waals surface area contributed by atoms with E-state index in [4.69, 9.17) is 0 Å². The van der Waals surface area contributed by atoms with E-state index in [1.54, 1.807) is 77.6 Å². The Morgan fingerprint density at radius 2 is 0.551 bits per heavy atom. The molecule has 1 heterocycles. The van der Waals surface area contributed by atoms with Gasteiger partial charge in [0.25, 0.3) is 11.8 Å². The van der Waals surface area contributed by atoms with Crippen molar-refractivity contribution in [1.82, 2.24) is 36.4 Å². The van der Waals surface area contributed by atoms with E-state index in [-0.39, 0.29) is 70.3 Å². The summed E-state index contributed by atoms with van der Waals surface area (Å²) in [7, 11) is 1.70. The van der Waals surface area contributed by atoms with E-state index in [9.17, 15) is 47.9 Å². The van der Waals surface area contributed by atoms with Crippen LogP contribution in [-0.2, 0) is 47.9 Å². The lowest BCUT2D eigenvalue weighted by atomic mass is 9.99. The lowest BCUT2D eigenvalue weighted by Crippen LogP contribution is -2.36. The Labute approximate surface area is 748 Å². The number of amides is 7. The molecule has 0 aliphatic carbocycles. The third kappa shape index (κ3) is 40.2. The zero-order valence-electron chi connectivity index (χ0n) is 73.3. The fraction of sp³-hybridized carbons (Fsp3) is 0.182. The van der Waals surface area contributed by atoms with Crippen molar-refractivity contribution in [3.8, 4) is 0 Å². The molecule has 1 aliphatic rings. The van der Waals surface area contributed by atoms with Crippen molar-refractivity contribution in [2.45, 2.75) is 98.8 Å². The smallest absolute Gasteiger partial charge is 0.270 e. The molecule has 17 heteroatoms. The number of rotatable bonds is 35. The molecule has 0 saturated carbocycles. The zero-order valence-corrected chi connectivity index (χ0v) is 73.3. The molecule has 10 aromatic carbocycles. The standard InChI is InChI=1S/2C23H25NO2.C22H22N2O2.C21H22N2O2.C21H21NO2/c1-3-18(2)16-22(25)21(17-20-12-8-5-9-13-20)24-23(26)15-14-19-10-6-4-7-11-19;1-2-3-6-15-22(25)21(18-20-13-9-5-10-14-20)24-23(26)17-16-19-11-7-4-8-12-19;25-21(14-13-18-9-3-1-4-10-18)23-20(17-19-11-5-2-6-12-19)22(26)24-15-7-8-16-24;1-3-23(2)21(25)19(16-18-12-8-5-9-13-18)22-20(24)15-14-17-10-6-4-7-11-17;1-2-9-20(23)19(16-18-12-7-4-8-13-18)22-21(24)15-14-17-10-5-3-6-11-17/h4-15,17-18H,3,16H2,1-2H3,(H,24,26);4-5,7-14,16-18H,2-3,6,15H2,1H3,(H,24,26);1-6,9-14,17H,7-8,15-16H2,(H,23,25);4-16H,3H2,1-2H3,(H,22,24);3-8,10-16H,2,9H2,1H3,(H,22,24)/b15-14+,21-17-;17-16+,21-18-;14-13+,20-17-;2*15-14+,19-16-. The van der Waals surface area contributed by atoms with Gasteiger partial charge in [0.05, 0.1) is 17.1 Å². The van der Waals surface area contributed by atoms with Crippen LogP contribution in [0.15, 0.2) is 362 Å². The summed E-state index contributed by atoms with van der Waals surface area (Å²) in [4.78, 5) is 127. The molecule has 10 aromatic rings. The molecule has 1 saturated heterocycles. The maximum atomic E-state index is 12.8. The molecule has 0 spiro atoms. The first-order chi connectivity index (χ1) is 61.8. The summed E-state index contributed by atoms with van der Waals surface area (Å²) in [5.74, 6) is -1.83. The fourth-order valence-electron chi connectivity index (χ4n) is 12.0. The van der Waals surface area contributed by atoms with E-state index < -0.39 is 0 Å². The molecule has 0 bridgehead atoms. The SMILES string of the molecule is CCC(C)CC(=O)/C(=C/c1ccccc1)NC(=O)/C=C/c1ccccc1.CCCC(=O)/C(=C/c1ccccc1)NC(=O)/C=C/c1ccccc1.CCCCCC(=O)/C(=C/c1ccccc1)NC(=O)/C=C/c1ccccc1.CCN(C)C(=O)/C(=C/c1ccccc1)NC(=O)/C=C/c1ccccc1.O=C(/C=C/c1ccccc1)N/C(=C\c1ccccc1)C(=O)N1CCCC1. The number of unbranched alkanes of at least 4 members (excludes halogenated alkanes) is 2. The number of hydrogen-bond acceptors (Lipinski definition) is 10. The summed E-state index contributed by atoms with van der Waals surface area (Å²) in [6, 6.07) is 95.3.